The van der Waals surface area contributed by atoms with E-state index in [1.165, 1.54) is 44.1 Å². The number of aromatic nitrogens is 15. The summed E-state index contributed by atoms with van der Waals surface area (Å²) in [5.41, 5.74) is 12.2. The highest BCUT2D eigenvalue weighted by molar-refractivity contribution is 6.09. The summed E-state index contributed by atoms with van der Waals surface area (Å²) in [5.74, 6) is 4.41. The van der Waals surface area contributed by atoms with Gasteiger partial charge in [-0.2, -0.15) is 15.0 Å². The average Bonchev–Trinajstić information content (AvgIpc) is 1.60. The number of fused-ring (bicyclic) bond motifs is 12. The molecular weight excluding hydrogens is 1560 g/mol. The van der Waals surface area contributed by atoms with Gasteiger partial charge in [-0.1, -0.05) is 39.0 Å². The molecule has 16 heterocycles. The minimum absolute atomic E-state index is 0.0275. The van der Waals surface area contributed by atoms with E-state index >= 15 is 0 Å². The summed E-state index contributed by atoms with van der Waals surface area (Å²) in [6.45, 7) is 10.4. The number of carbonyl (C=O) groups is 6. The highest BCUT2D eigenvalue weighted by Crippen LogP contribution is 2.44. The third-order valence-corrected chi connectivity index (χ3v) is 24.2. The van der Waals surface area contributed by atoms with Crippen LogP contribution in [0.4, 0.5) is 35.3 Å². The topological polar surface area (TPSA) is 416 Å². The molecular formula is C87H100N22O13. The van der Waals surface area contributed by atoms with E-state index in [0.717, 1.165) is 183 Å². The van der Waals surface area contributed by atoms with Crippen molar-refractivity contribution in [2.45, 2.75) is 175 Å². The van der Waals surface area contributed by atoms with Crippen LogP contribution in [0.2, 0.25) is 0 Å². The van der Waals surface area contributed by atoms with Crippen molar-refractivity contribution >= 4 is 137 Å². The van der Waals surface area contributed by atoms with Crippen LogP contribution in [0, 0.1) is 17.8 Å². The molecule has 19 rings (SSSR count). The molecule has 0 bridgehead atoms. The van der Waals surface area contributed by atoms with Gasteiger partial charge in [-0.3, -0.25) is 24.0 Å². The van der Waals surface area contributed by atoms with E-state index in [2.05, 4.69) is 101 Å². The van der Waals surface area contributed by atoms with Crippen LogP contribution in [0.25, 0.3) is 65.8 Å². The molecule has 4 fully saturated rings. The van der Waals surface area contributed by atoms with Crippen molar-refractivity contribution in [3.8, 4) is 17.6 Å². The fourth-order valence-electron chi connectivity index (χ4n) is 17.5. The number of imide groups is 1. The number of anilines is 6. The maximum Gasteiger partial charge on any atom is 0.370 e. The quantitative estimate of drug-likeness (QED) is 0.0364. The Morgan fingerprint density at radius 3 is 1.16 bits per heavy atom. The van der Waals surface area contributed by atoms with Gasteiger partial charge in [0.05, 0.1) is 56.5 Å². The van der Waals surface area contributed by atoms with Crippen molar-refractivity contribution in [1.82, 2.24) is 93.7 Å². The SMILES string of the molecule is CC(=O)OCC(=O)ON1C(=O)CCC1=O.COc1cc2c3cnc(Nc4ccc5c(n4)CCN(C(=O)CO)C5)nc3n(C3CCC(C)CC3)c2cn1.COc1cc2c3cnc(Nc4ccc5c(n4)CCN(C(=O)CO)C5)nc3n(C3CCC(C)CC3)c2cn1.COc1cc2c3cnc(Nc4ccc5c(n4)CCNC5)nc3n(C3CCC(C)CC3)c2cn1. The third-order valence-electron chi connectivity index (χ3n) is 24.2. The Bertz CT molecular complexity index is 5710. The number of rotatable bonds is 17. The second-order valence-corrected chi connectivity index (χ2v) is 32.4. The Kier molecular flexibility index (Phi) is 24.9. The first-order chi connectivity index (χ1) is 59.3. The number of hydroxylamine groups is 2. The molecule has 636 valence electrons. The van der Waals surface area contributed by atoms with Gasteiger partial charge in [-0.15, -0.1) is 5.06 Å². The maximum absolute atomic E-state index is 11.9. The van der Waals surface area contributed by atoms with E-state index in [0.29, 0.717) is 109 Å². The molecule has 0 radical (unpaired) electrons. The van der Waals surface area contributed by atoms with Gasteiger partial charge in [-0.25, -0.2) is 49.7 Å². The second kappa shape index (κ2) is 36.7. The van der Waals surface area contributed by atoms with Crippen molar-refractivity contribution in [3.05, 3.63) is 126 Å². The standard InChI is InChI=1S/2C27H31N7O3.C25H29N7O.C8H9NO6/c2*1-16-3-6-18(7-4-16)34-22-13-28-24(37-2)11-19(22)20-12-29-27(32-26(20)34)31-23-8-5-17-14-33(25(36)15-35)10-9-21(17)30-23;1-15-3-6-17(7-4-15)32-21-14-27-23(33-2)11-18(21)19-13-28-25(31-24(19)32)30-22-8-5-16-12-26-10-9-20(16)29-22;1-5(10)14-4-8(13)15-9-6(11)2-3-7(9)12/h2*5,8,11-13,16,18,35H,3-4,6-7,9-10,14-15H2,1-2H3,(H,29,30,31,32);5,8,11,13-15,17,26H,3-4,6-7,9-10,12H2,1-2H3,(H,28,29,30,31);2-4H2,1H3. The number of aliphatic hydroxyl groups is 2. The van der Waals surface area contributed by atoms with Crippen LogP contribution >= 0.6 is 0 Å². The van der Waals surface area contributed by atoms with Crippen molar-refractivity contribution < 1.29 is 62.8 Å². The minimum atomic E-state index is -0.964. The van der Waals surface area contributed by atoms with Gasteiger partial charge in [0.2, 0.25) is 47.3 Å². The fourth-order valence-corrected chi connectivity index (χ4v) is 17.5. The number of carbonyl (C=O) groups excluding carboxylic acids is 6. The van der Waals surface area contributed by atoms with Crippen LogP contribution < -0.4 is 35.5 Å². The molecule has 6 N–H and O–H groups in total. The summed E-state index contributed by atoms with van der Waals surface area (Å²) in [6, 6.07) is 18.9. The Morgan fingerprint density at radius 2 is 0.811 bits per heavy atom. The highest BCUT2D eigenvalue weighted by Gasteiger charge is 2.35. The van der Waals surface area contributed by atoms with Crippen LogP contribution in [0.1, 0.15) is 169 Å². The van der Waals surface area contributed by atoms with E-state index in [9.17, 15) is 28.8 Å². The smallest absolute Gasteiger partial charge is 0.370 e. The average molecular weight is 1660 g/mol. The molecule has 0 atom stereocenters. The van der Waals surface area contributed by atoms with E-state index < -0.39 is 43.6 Å². The van der Waals surface area contributed by atoms with Crippen LogP contribution in [-0.4, -0.2) is 195 Å². The molecule has 7 aliphatic rings. The minimum Gasteiger partial charge on any atom is -0.481 e. The van der Waals surface area contributed by atoms with Crippen molar-refractivity contribution in [3.63, 3.8) is 0 Å². The monoisotopic (exact) mass is 1660 g/mol. The number of ether oxygens (including phenoxy) is 4. The molecule has 4 aliphatic heterocycles. The van der Waals surface area contributed by atoms with Gasteiger partial charge in [0.1, 0.15) is 47.6 Å². The van der Waals surface area contributed by atoms with Gasteiger partial charge in [-0.05, 0) is 130 Å². The normalized spacial score (nSPS) is 19.4. The fraction of sp³-hybridized carbons (Fsp3) is 0.448. The first kappa shape index (κ1) is 82.9. The number of esters is 1. The Hall–Kier alpha value is -12.8. The lowest BCUT2D eigenvalue weighted by Crippen LogP contribution is -2.37. The first-order valence-electron chi connectivity index (χ1n) is 41.8. The van der Waals surface area contributed by atoms with E-state index in [1.807, 2.05) is 85.7 Å². The molecule has 0 spiro atoms. The van der Waals surface area contributed by atoms with Crippen molar-refractivity contribution in [2.24, 2.45) is 17.8 Å². The summed E-state index contributed by atoms with van der Waals surface area (Å²) in [7, 11) is 4.90. The van der Waals surface area contributed by atoms with Crippen molar-refractivity contribution in [2.75, 3.05) is 76.7 Å². The molecule has 3 saturated carbocycles. The lowest BCUT2D eigenvalue weighted by molar-refractivity contribution is -0.200. The van der Waals surface area contributed by atoms with Gasteiger partial charge < -0.3 is 78.8 Å². The third kappa shape index (κ3) is 18.0. The van der Waals surface area contributed by atoms with Crippen LogP contribution in [-0.2, 0) is 77.2 Å². The first-order valence-corrected chi connectivity index (χ1v) is 41.8. The number of aliphatic hydroxyl groups excluding tert-OH is 2. The van der Waals surface area contributed by atoms with Crippen LogP contribution in [0.5, 0.6) is 17.6 Å². The van der Waals surface area contributed by atoms with Crippen LogP contribution in [0.3, 0.4) is 0 Å². The van der Waals surface area contributed by atoms with E-state index in [1.54, 1.807) is 31.1 Å². The zero-order chi connectivity index (χ0) is 84.8. The van der Waals surface area contributed by atoms with Gasteiger partial charge in [0, 0.05) is 183 Å². The van der Waals surface area contributed by atoms with E-state index in [4.69, 9.17) is 54.3 Å². The lowest BCUT2D eigenvalue weighted by Gasteiger charge is -2.28. The summed E-state index contributed by atoms with van der Waals surface area (Å²) >= 11 is 0. The molecule has 12 aromatic heterocycles. The van der Waals surface area contributed by atoms with Gasteiger partial charge in [0.15, 0.2) is 6.61 Å². The highest BCUT2D eigenvalue weighted by atomic mass is 16.7. The van der Waals surface area contributed by atoms with Crippen LogP contribution in [0.15, 0.2) is 91.8 Å². The number of amides is 4. The predicted molar refractivity (Wildman–Crippen MR) is 452 cm³/mol. The Balaban J connectivity index is 0.000000125. The van der Waals surface area contributed by atoms with Crippen molar-refractivity contribution in [1.29, 1.82) is 0 Å². The summed E-state index contributed by atoms with van der Waals surface area (Å²) in [6.07, 6.45) is 27.6. The number of hydrogen-bond donors (Lipinski definition) is 6. The number of pyridine rings is 6. The maximum atomic E-state index is 11.9. The summed E-state index contributed by atoms with van der Waals surface area (Å²) < 4.78 is 27.6. The van der Waals surface area contributed by atoms with Gasteiger partial charge in [0.25, 0.3) is 11.8 Å². The number of nitrogens with one attached hydrogen (secondary N) is 4. The molecule has 0 unspecified atom stereocenters. The van der Waals surface area contributed by atoms with E-state index in [-0.39, 0.29) is 24.7 Å². The second-order valence-electron chi connectivity index (χ2n) is 32.4. The molecule has 35 nitrogen and oxygen atoms in total. The predicted octanol–water partition coefficient (Wildman–Crippen LogP) is 11.2. The largest absolute Gasteiger partial charge is 0.481 e. The molecule has 122 heavy (non-hydrogen) atoms. The number of nitrogens with zero attached hydrogens (tertiary/aromatic N) is 18. The Morgan fingerprint density at radius 1 is 0.451 bits per heavy atom. The zero-order valence-corrected chi connectivity index (χ0v) is 69.4. The number of methoxy groups -OCH3 is 3. The summed E-state index contributed by atoms with van der Waals surface area (Å²) in [4.78, 5) is 131. The Labute approximate surface area is 702 Å². The molecule has 4 amide bonds. The lowest BCUT2D eigenvalue weighted by atomic mass is 9.87. The molecule has 35 heteroatoms. The molecule has 12 aromatic rings. The molecule has 3 aliphatic carbocycles. The zero-order valence-electron chi connectivity index (χ0n) is 69.4. The number of hydrogen-bond acceptors (Lipinski definition) is 29. The molecule has 1 saturated heterocycles. The molecule has 0 aromatic carbocycles. The summed E-state index contributed by atoms with van der Waals surface area (Å²) in [5, 5.41) is 38.2. The van der Waals surface area contributed by atoms with Gasteiger partial charge >= 0.3 is 11.9 Å².